The number of nitrogens with one attached hydrogen (secondary N) is 2. The Morgan fingerprint density at radius 2 is 1.98 bits per heavy atom. The van der Waals surface area contributed by atoms with Gasteiger partial charge in [0.15, 0.2) is 0 Å². The molecule has 0 aromatic carbocycles. The van der Waals surface area contributed by atoms with Gasteiger partial charge in [-0.15, -0.1) is 0 Å². The van der Waals surface area contributed by atoms with Crippen LogP contribution in [0.15, 0.2) is 23.3 Å². The van der Waals surface area contributed by atoms with Crippen LogP contribution in [0.2, 0.25) is 0 Å². The van der Waals surface area contributed by atoms with Crippen molar-refractivity contribution < 1.29 is 22.6 Å². The maximum absolute atomic E-state index is 14.3. The Morgan fingerprint density at radius 3 is 2.62 bits per heavy atom. The lowest BCUT2D eigenvalue weighted by atomic mass is 9.64. The maximum atomic E-state index is 14.3. The molecule has 0 amide bonds. The zero-order chi connectivity index (χ0) is 28.3. The Morgan fingerprint density at radius 1 is 1.18 bits per heavy atom. The first-order valence-electron chi connectivity index (χ1n) is 14.4. The van der Waals surface area contributed by atoms with Gasteiger partial charge in [-0.3, -0.25) is 18.8 Å². The summed E-state index contributed by atoms with van der Waals surface area (Å²) in [7, 11) is 2.08. The van der Waals surface area contributed by atoms with Crippen molar-refractivity contribution in [1.29, 1.82) is 0 Å². The van der Waals surface area contributed by atoms with Crippen molar-refractivity contribution in [2.45, 2.75) is 76.5 Å². The van der Waals surface area contributed by atoms with E-state index >= 15 is 0 Å². The minimum atomic E-state index is -4.57. The molecule has 1 saturated carbocycles. The van der Waals surface area contributed by atoms with Crippen LogP contribution in [0.1, 0.15) is 63.1 Å². The third-order valence-electron chi connectivity index (χ3n) is 9.48. The van der Waals surface area contributed by atoms with Gasteiger partial charge in [0.25, 0.3) is 0 Å². The van der Waals surface area contributed by atoms with E-state index in [0.29, 0.717) is 50.9 Å². The zero-order valence-electron chi connectivity index (χ0n) is 23.6. The van der Waals surface area contributed by atoms with Crippen molar-refractivity contribution in [1.82, 2.24) is 29.6 Å². The van der Waals surface area contributed by atoms with E-state index in [9.17, 15) is 18.0 Å². The smallest absolute Gasteiger partial charge is 0.380 e. The van der Waals surface area contributed by atoms with E-state index < -0.39 is 17.4 Å². The lowest BCUT2D eigenvalue weighted by Crippen LogP contribution is -2.54. The molecule has 4 fully saturated rings. The number of hydrazine groups is 1. The zero-order valence-corrected chi connectivity index (χ0v) is 23.6. The molecule has 2 aromatic heterocycles. The number of hydrogen-bond donors (Lipinski definition) is 2. The van der Waals surface area contributed by atoms with Gasteiger partial charge in [0.2, 0.25) is 0 Å². The first kappa shape index (κ1) is 28.2. The standard InChI is InChI=1S/C28H41F3N6O3/c1-26(2)15-35(7-8-40-26)12-19-9-22(28(29,30)31)23-14-36(25(38)37(23)13-19)21-6-4-5-20(10-21)27(16-39-17-27)11-24-33-32-18-34(24)3/h9,13-14,20-21,24,32-33H,4-8,10-12,15-18H2,1-3H3. The molecule has 0 spiro atoms. The van der Waals surface area contributed by atoms with E-state index in [1.807, 2.05) is 13.8 Å². The molecule has 3 atom stereocenters. The number of morpholine rings is 1. The largest absolute Gasteiger partial charge is 0.418 e. The normalized spacial score (nSPS) is 29.6. The van der Waals surface area contributed by atoms with Crippen molar-refractivity contribution in [2.75, 3.05) is 46.6 Å². The highest BCUT2D eigenvalue weighted by Gasteiger charge is 2.49. The minimum Gasteiger partial charge on any atom is -0.380 e. The summed E-state index contributed by atoms with van der Waals surface area (Å²) in [5.74, 6) is 0.341. The van der Waals surface area contributed by atoms with Gasteiger partial charge in [-0.25, -0.2) is 15.6 Å². The van der Waals surface area contributed by atoms with Crippen LogP contribution in [-0.2, 0) is 22.2 Å². The van der Waals surface area contributed by atoms with Gasteiger partial charge in [0.1, 0.15) is 0 Å². The molecule has 5 heterocycles. The molecule has 6 rings (SSSR count). The third-order valence-corrected chi connectivity index (χ3v) is 9.48. The monoisotopic (exact) mass is 566 g/mol. The Labute approximate surface area is 232 Å². The van der Waals surface area contributed by atoms with Crippen LogP contribution >= 0.6 is 0 Å². The van der Waals surface area contributed by atoms with E-state index in [2.05, 4.69) is 27.7 Å². The van der Waals surface area contributed by atoms with Gasteiger partial charge in [-0.2, -0.15) is 13.2 Å². The highest BCUT2D eigenvalue weighted by molar-refractivity contribution is 5.56. The number of hydrogen-bond acceptors (Lipinski definition) is 7. The number of rotatable bonds is 6. The molecular weight excluding hydrogens is 525 g/mol. The molecule has 2 N–H and O–H groups in total. The number of nitrogens with zero attached hydrogens (tertiary/aromatic N) is 4. The summed E-state index contributed by atoms with van der Waals surface area (Å²) in [6.45, 7) is 8.19. The van der Waals surface area contributed by atoms with Crippen LogP contribution in [-0.4, -0.2) is 77.2 Å². The molecule has 4 aliphatic rings. The average molecular weight is 567 g/mol. The lowest BCUT2D eigenvalue weighted by Gasteiger charge is -2.51. The van der Waals surface area contributed by atoms with Crippen LogP contribution < -0.4 is 16.5 Å². The van der Waals surface area contributed by atoms with Crippen molar-refractivity contribution >= 4 is 5.52 Å². The van der Waals surface area contributed by atoms with Crippen molar-refractivity contribution in [3.8, 4) is 0 Å². The lowest BCUT2D eigenvalue weighted by molar-refractivity contribution is -0.167. The third kappa shape index (κ3) is 5.34. The summed E-state index contributed by atoms with van der Waals surface area (Å²) in [5, 5.41) is 0. The Hall–Kier alpha value is -1.96. The summed E-state index contributed by atoms with van der Waals surface area (Å²) >= 11 is 0. The highest BCUT2D eigenvalue weighted by atomic mass is 19.4. The molecular formula is C28H41F3N6O3. The topological polar surface area (TPSA) is 75.4 Å². The van der Waals surface area contributed by atoms with Crippen LogP contribution in [0, 0.1) is 11.3 Å². The van der Waals surface area contributed by atoms with Gasteiger partial charge < -0.3 is 9.47 Å². The number of halogens is 3. The van der Waals surface area contributed by atoms with Crippen LogP contribution in [0.4, 0.5) is 13.2 Å². The average Bonchev–Trinajstić information content (AvgIpc) is 3.42. The molecule has 1 aliphatic carbocycles. The number of fused-ring (bicyclic) bond motifs is 1. The van der Waals surface area contributed by atoms with Crippen molar-refractivity contribution in [3.63, 3.8) is 0 Å². The van der Waals surface area contributed by atoms with Crippen molar-refractivity contribution in [3.05, 3.63) is 40.1 Å². The summed E-state index contributed by atoms with van der Waals surface area (Å²) in [4.78, 5) is 18.0. The van der Waals surface area contributed by atoms with Crippen LogP contribution in [0.5, 0.6) is 0 Å². The van der Waals surface area contributed by atoms with Gasteiger partial charge in [-0.05, 0) is 64.1 Å². The molecule has 0 radical (unpaired) electrons. The Bertz CT molecular complexity index is 1290. The minimum absolute atomic E-state index is 0.00954. The molecule has 0 bridgehead atoms. The first-order valence-corrected chi connectivity index (χ1v) is 14.4. The predicted octanol–water partition coefficient (Wildman–Crippen LogP) is 3.19. The SMILES string of the molecule is CN1CNNC1CC1(C2CCCC(n3cc4c(C(F)(F)F)cc(CN5CCOC(C)(C)C5)cn4c3=O)C2)COC1. The second-order valence-corrected chi connectivity index (χ2v) is 13.0. The molecule has 12 heteroatoms. The number of alkyl halides is 3. The summed E-state index contributed by atoms with van der Waals surface area (Å²) < 4.78 is 57.2. The fraction of sp³-hybridized carbons (Fsp3) is 0.750. The Balaban J connectivity index is 1.29. The second-order valence-electron chi connectivity index (χ2n) is 13.0. The number of ether oxygens (including phenoxy) is 2. The van der Waals surface area contributed by atoms with Crippen molar-refractivity contribution in [2.24, 2.45) is 11.3 Å². The molecule has 2 aromatic rings. The van der Waals surface area contributed by atoms with E-state index in [1.165, 1.54) is 16.7 Å². The highest BCUT2D eigenvalue weighted by Crippen LogP contribution is 2.49. The fourth-order valence-corrected chi connectivity index (χ4v) is 7.30. The van der Waals surface area contributed by atoms with Gasteiger partial charge in [0, 0.05) is 43.5 Å². The molecule has 3 unspecified atom stereocenters. The van der Waals surface area contributed by atoms with Crippen LogP contribution in [0.25, 0.3) is 5.52 Å². The molecule has 222 valence electrons. The Kier molecular flexibility index (Phi) is 7.32. The summed E-state index contributed by atoms with van der Waals surface area (Å²) in [6, 6.07) is 1.08. The molecule has 9 nitrogen and oxygen atoms in total. The summed E-state index contributed by atoms with van der Waals surface area (Å²) in [6.07, 6.45) is 3.13. The van der Waals surface area contributed by atoms with Gasteiger partial charge in [-0.1, -0.05) is 6.42 Å². The van der Waals surface area contributed by atoms with Crippen LogP contribution in [0.3, 0.4) is 0 Å². The number of imidazole rings is 1. The second kappa shape index (κ2) is 10.4. The van der Waals surface area contributed by atoms with E-state index in [-0.39, 0.29) is 28.7 Å². The van der Waals surface area contributed by atoms with Gasteiger partial charge in [0.05, 0.1) is 49.3 Å². The fourth-order valence-electron chi connectivity index (χ4n) is 7.30. The summed E-state index contributed by atoms with van der Waals surface area (Å²) in [5.41, 5.74) is 5.43. The van der Waals surface area contributed by atoms with Gasteiger partial charge >= 0.3 is 11.9 Å². The maximum Gasteiger partial charge on any atom is 0.418 e. The molecule has 40 heavy (non-hydrogen) atoms. The number of aromatic nitrogens is 2. The first-order chi connectivity index (χ1) is 18.9. The molecule has 3 aliphatic heterocycles. The van der Waals surface area contributed by atoms with E-state index in [4.69, 9.17) is 9.47 Å². The molecule has 3 saturated heterocycles. The van der Waals surface area contributed by atoms with E-state index in [1.54, 1.807) is 10.8 Å². The number of pyridine rings is 1. The quantitative estimate of drug-likeness (QED) is 0.557. The van der Waals surface area contributed by atoms with E-state index in [0.717, 1.165) is 38.8 Å². The predicted molar refractivity (Wildman–Crippen MR) is 144 cm³/mol.